The van der Waals surface area contributed by atoms with Gasteiger partial charge in [0.25, 0.3) is 5.91 Å². The number of halogens is 1. The van der Waals surface area contributed by atoms with E-state index in [2.05, 4.69) is 4.98 Å². The number of esters is 1. The van der Waals surface area contributed by atoms with Crippen molar-refractivity contribution < 1.29 is 29.0 Å². The minimum Gasteiger partial charge on any atom is -0.478 e. The van der Waals surface area contributed by atoms with Crippen molar-refractivity contribution in [2.24, 2.45) is 0 Å². The van der Waals surface area contributed by atoms with Crippen LogP contribution in [0.25, 0.3) is 0 Å². The summed E-state index contributed by atoms with van der Waals surface area (Å²) in [7, 11) is 0. The Morgan fingerprint density at radius 2 is 2.12 bits per heavy atom. The molecule has 136 valence electrons. The van der Waals surface area contributed by atoms with Gasteiger partial charge in [0.1, 0.15) is 5.82 Å². The molecule has 0 spiro atoms. The van der Waals surface area contributed by atoms with E-state index in [1.54, 1.807) is 6.07 Å². The van der Waals surface area contributed by atoms with Crippen LogP contribution in [0.3, 0.4) is 0 Å². The first kappa shape index (κ1) is 19.1. The van der Waals surface area contributed by atoms with Crippen molar-refractivity contribution in [3.8, 4) is 0 Å². The van der Waals surface area contributed by atoms with Gasteiger partial charge in [-0.15, -0.1) is 12.4 Å². The molecule has 0 bridgehead atoms. The summed E-state index contributed by atoms with van der Waals surface area (Å²) in [6.45, 7) is 1.49. The molecule has 1 aliphatic carbocycles. The minimum absolute atomic E-state index is 0. The summed E-state index contributed by atoms with van der Waals surface area (Å²) in [6.07, 6.45) is -0.885. The predicted octanol–water partition coefficient (Wildman–Crippen LogP) is 1.13. The largest absolute Gasteiger partial charge is 0.478 e. The van der Waals surface area contributed by atoms with Gasteiger partial charge in [0, 0.05) is 18.5 Å². The maximum atomic E-state index is 12.7. The highest BCUT2D eigenvalue weighted by atomic mass is 35.5. The number of rotatable bonds is 5. The van der Waals surface area contributed by atoms with E-state index in [4.69, 9.17) is 9.47 Å². The van der Waals surface area contributed by atoms with Crippen molar-refractivity contribution in [1.29, 1.82) is 0 Å². The molecule has 25 heavy (non-hydrogen) atoms. The Hall–Kier alpha value is -2.19. The molecular weight excluding hydrogens is 352 g/mol. The highest BCUT2D eigenvalue weighted by molar-refractivity contribution is 5.99. The third-order valence-corrected chi connectivity index (χ3v) is 3.96. The molecule has 1 aromatic rings. The molecule has 3 rings (SSSR count). The highest BCUT2D eigenvalue weighted by Crippen LogP contribution is 2.39. The monoisotopic (exact) mass is 370 g/mol. The van der Waals surface area contributed by atoms with Gasteiger partial charge in [-0.1, -0.05) is 6.07 Å². The molecule has 1 aliphatic heterocycles. The van der Waals surface area contributed by atoms with Gasteiger partial charge >= 0.3 is 11.9 Å². The summed E-state index contributed by atoms with van der Waals surface area (Å²) in [5.74, 6) is -1.89. The molecule has 0 aromatic carbocycles. The maximum Gasteiger partial charge on any atom is 0.348 e. The lowest BCUT2D eigenvalue weighted by atomic mass is 10.1. The molecule has 9 heteroatoms. The first-order valence-electron chi connectivity index (χ1n) is 7.77. The number of aromatic nitrogens is 1. The summed E-state index contributed by atoms with van der Waals surface area (Å²) in [5, 5.41) is 9.23. The minimum atomic E-state index is -1.68. The van der Waals surface area contributed by atoms with Crippen LogP contribution in [0, 0.1) is 0 Å². The van der Waals surface area contributed by atoms with Crippen molar-refractivity contribution in [2.75, 3.05) is 18.1 Å². The first-order chi connectivity index (χ1) is 11.5. The van der Waals surface area contributed by atoms with Gasteiger partial charge < -0.3 is 14.6 Å². The van der Waals surface area contributed by atoms with E-state index >= 15 is 0 Å². The normalized spacial score (nSPS) is 21.2. The number of aliphatic carboxylic acids is 1. The number of morpholine rings is 1. The summed E-state index contributed by atoms with van der Waals surface area (Å²) < 4.78 is 10.0. The molecular formula is C16H19ClN2O6. The molecule has 0 radical (unpaired) electrons. The Morgan fingerprint density at radius 3 is 2.72 bits per heavy atom. The summed E-state index contributed by atoms with van der Waals surface area (Å²) in [6, 6.07) is 5.45. The molecule has 1 amide bonds. The molecule has 2 atom stereocenters. The number of carboxylic acid groups (broad SMARTS) is 1. The second-order valence-corrected chi connectivity index (χ2v) is 5.84. The Labute approximate surface area is 150 Å². The Kier molecular flexibility index (Phi) is 5.97. The number of hydrogen-bond donors (Lipinski definition) is 1. The first-order valence-corrected chi connectivity index (χ1v) is 7.77. The predicted molar refractivity (Wildman–Crippen MR) is 88.7 cm³/mol. The van der Waals surface area contributed by atoms with Crippen LogP contribution in [-0.2, 0) is 23.9 Å². The Bertz CT molecular complexity index is 678. The second-order valence-electron chi connectivity index (χ2n) is 5.84. The Morgan fingerprint density at radius 1 is 1.40 bits per heavy atom. The van der Waals surface area contributed by atoms with E-state index in [1.165, 1.54) is 4.90 Å². The lowest BCUT2D eigenvalue weighted by molar-refractivity contribution is -0.177. The van der Waals surface area contributed by atoms with Crippen LogP contribution in [-0.4, -0.2) is 53.3 Å². The fraction of sp³-hybridized carbons (Fsp3) is 0.500. The van der Waals surface area contributed by atoms with Gasteiger partial charge in [0.2, 0.25) is 6.10 Å². The SMILES string of the molecule is CC(=O)O[C@@H](C(=O)O)[C@H]1OCCN(c2cccc(C3CC3)n2)C1=O.Cl. The standard InChI is InChI=1S/C16H18N2O6.ClH/c1-9(19)24-14(16(21)22)13-15(20)18(7-8-23-13)12-4-2-3-11(17-12)10-5-6-10;/h2-4,10,13-14H,5-8H2,1H3,(H,21,22);1H/t13-,14-;/m1./s1. The molecule has 0 unspecified atom stereocenters. The molecule has 2 fully saturated rings. The number of carbonyl (C=O) groups is 3. The fourth-order valence-electron chi connectivity index (χ4n) is 2.67. The van der Waals surface area contributed by atoms with Gasteiger partial charge in [0.05, 0.1) is 13.2 Å². The van der Waals surface area contributed by atoms with Gasteiger partial charge in [0.15, 0.2) is 6.10 Å². The molecule has 1 saturated carbocycles. The average Bonchev–Trinajstić information content (AvgIpc) is 3.38. The molecule has 1 aromatic heterocycles. The van der Waals surface area contributed by atoms with Crippen LogP contribution < -0.4 is 4.90 Å². The van der Waals surface area contributed by atoms with Crippen molar-refractivity contribution in [3.63, 3.8) is 0 Å². The number of amides is 1. The summed E-state index contributed by atoms with van der Waals surface area (Å²) >= 11 is 0. The van der Waals surface area contributed by atoms with Crippen LogP contribution in [0.15, 0.2) is 18.2 Å². The van der Waals surface area contributed by atoms with Gasteiger partial charge in [-0.2, -0.15) is 0 Å². The lowest BCUT2D eigenvalue weighted by Gasteiger charge is -2.33. The van der Waals surface area contributed by atoms with E-state index in [0.29, 0.717) is 11.7 Å². The van der Waals surface area contributed by atoms with Crippen molar-refractivity contribution in [2.45, 2.75) is 37.9 Å². The Balaban J connectivity index is 0.00000225. The van der Waals surface area contributed by atoms with Crippen LogP contribution in [0.2, 0.25) is 0 Å². The third kappa shape index (κ3) is 4.26. The number of ether oxygens (including phenoxy) is 2. The maximum absolute atomic E-state index is 12.7. The zero-order chi connectivity index (χ0) is 17.3. The molecule has 2 heterocycles. The number of hydrogen-bond acceptors (Lipinski definition) is 6. The summed E-state index contributed by atoms with van der Waals surface area (Å²) in [4.78, 5) is 41.0. The average molecular weight is 371 g/mol. The van der Waals surface area contributed by atoms with Crippen LogP contribution in [0.1, 0.15) is 31.4 Å². The molecule has 1 N–H and O–H groups in total. The number of pyridine rings is 1. The molecule has 2 aliphatic rings. The van der Waals surface area contributed by atoms with E-state index in [1.807, 2.05) is 12.1 Å². The van der Waals surface area contributed by atoms with Crippen LogP contribution in [0.4, 0.5) is 5.82 Å². The fourth-order valence-corrected chi connectivity index (χ4v) is 2.67. The van der Waals surface area contributed by atoms with Crippen LogP contribution >= 0.6 is 12.4 Å². The zero-order valence-corrected chi connectivity index (χ0v) is 14.4. The number of nitrogens with zero attached hydrogens (tertiary/aromatic N) is 2. The van der Waals surface area contributed by atoms with Crippen molar-refractivity contribution in [3.05, 3.63) is 23.9 Å². The molecule has 8 nitrogen and oxygen atoms in total. The van der Waals surface area contributed by atoms with Crippen molar-refractivity contribution in [1.82, 2.24) is 4.98 Å². The molecule has 1 saturated heterocycles. The number of carbonyl (C=O) groups excluding carboxylic acids is 2. The van der Waals surface area contributed by atoms with Gasteiger partial charge in [-0.25, -0.2) is 9.78 Å². The highest BCUT2D eigenvalue weighted by Gasteiger charge is 2.43. The topological polar surface area (TPSA) is 106 Å². The van der Waals surface area contributed by atoms with E-state index in [-0.39, 0.29) is 25.6 Å². The van der Waals surface area contributed by atoms with Crippen LogP contribution in [0.5, 0.6) is 0 Å². The van der Waals surface area contributed by atoms with E-state index in [9.17, 15) is 19.5 Å². The summed E-state index contributed by atoms with van der Waals surface area (Å²) in [5.41, 5.74) is 0.929. The lowest BCUT2D eigenvalue weighted by Crippen LogP contribution is -2.55. The quantitative estimate of drug-likeness (QED) is 0.774. The second kappa shape index (κ2) is 7.79. The van der Waals surface area contributed by atoms with Crippen molar-refractivity contribution >= 4 is 36.1 Å². The van der Waals surface area contributed by atoms with E-state index < -0.39 is 30.1 Å². The smallest absolute Gasteiger partial charge is 0.348 e. The third-order valence-electron chi connectivity index (χ3n) is 3.96. The zero-order valence-electron chi connectivity index (χ0n) is 13.6. The number of carboxylic acids is 1. The number of anilines is 1. The van der Waals surface area contributed by atoms with Gasteiger partial charge in [-0.05, 0) is 25.0 Å². The van der Waals surface area contributed by atoms with Gasteiger partial charge in [-0.3, -0.25) is 14.5 Å². The van der Waals surface area contributed by atoms with E-state index in [0.717, 1.165) is 25.5 Å².